The predicted molar refractivity (Wildman–Crippen MR) is 93.0 cm³/mol. The van der Waals surface area contributed by atoms with E-state index in [9.17, 15) is 14.6 Å². The van der Waals surface area contributed by atoms with Gasteiger partial charge in [0.05, 0.1) is 16.7 Å². The van der Waals surface area contributed by atoms with Crippen molar-refractivity contribution in [2.75, 3.05) is 6.61 Å². The Morgan fingerprint density at radius 1 is 1.42 bits per heavy atom. The minimum atomic E-state index is -1.19. The SMILES string of the molecule is CCCC(=O)C[C@H]1Cc2c(Cl)c(Cl)cc(C(=O)OCC)c2OB1O. The van der Waals surface area contributed by atoms with Crippen LogP contribution in [0.25, 0.3) is 0 Å². The van der Waals surface area contributed by atoms with Crippen LogP contribution in [0.5, 0.6) is 5.75 Å². The number of ketones is 1. The molecule has 0 saturated heterocycles. The van der Waals surface area contributed by atoms with Crippen molar-refractivity contribution in [3.8, 4) is 5.75 Å². The highest BCUT2D eigenvalue weighted by molar-refractivity contribution is 6.48. The molecule has 0 aliphatic carbocycles. The smallest absolute Gasteiger partial charge is 0.526 e. The van der Waals surface area contributed by atoms with Crippen LogP contribution in [0, 0.1) is 0 Å². The van der Waals surface area contributed by atoms with Crippen LogP contribution in [0.4, 0.5) is 0 Å². The van der Waals surface area contributed by atoms with E-state index in [1.807, 2.05) is 6.92 Å². The van der Waals surface area contributed by atoms with Crippen LogP contribution in [-0.4, -0.2) is 30.5 Å². The topological polar surface area (TPSA) is 72.8 Å². The Morgan fingerprint density at radius 2 is 2.12 bits per heavy atom. The summed E-state index contributed by atoms with van der Waals surface area (Å²) >= 11 is 12.4. The molecule has 5 nitrogen and oxygen atoms in total. The van der Waals surface area contributed by atoms with Crippen molar-refractivity contribution >= 4 is 42.1 Å². The molecule has 2 rings (SSSR count). The van der Waals surface area contributed by atoms with Crippen molar-refractivity contribution in [1.82, 2.24) is 0 Å². The lowest BCUT2D eigenvalue weighted by Crippen LogP contribution is -2.36. The second kappa shape index (κ2) is 8.23. The molecular weight excluding hydrogens is 354 g/mol. The molecule has 1 N–H and O–H groups in total. The highest BCUT2D eigenvalue weighted by Crippen LogP contribution is 2.43. The number of carbonyl (C=O) groups is 2. The van der Waals surface area contributed by atoms with Gasteiger partial charge >= 0.3 is 13.1 Å². The third kappa shape index (κ3) is 4.05. The molecule has 1 atom stereocenters. The molecule has 0 bridgehead atoms. The van der Waals surface area contributed by atoms with Gasteiger partial charge in [0.25, 0.3) is 0 Å². The summed E-state index contributed by atoms with van der Waals surface area (Å²) in [5.41, 5.74) is 0.644. The van der Waals surface area contributed by atoms with Gasteiger partial charge in [0.15, 0.2) is 0 Å². The fourth-order valence-corrected chi connectivity index (χ4v) is 3.21. The largest absolute Gasteiger partial charge is 0.535 e. The van der Waals surface area contributed by atoms with Crippen LogP contribution in [0.15, 0.2) is 6.07 Å². The molecule has 0 saturated carbocycles. The molecule has 1 aliphatic rings. The summed E-state index contributed by atoms with van der Waals surface area (Å²) in [6, 6.07) is 1.37. The molecule has 24 heavy (non-hydrogen) atoms. The van der Waals surface area contributed by atoms with E-state index in [1.165, 1.54) is 6.07 Å². The number of rotatable bonds is 6. The molecule has 8 heteroatoms. The number of esters is 1. The quantitative estimate of drug-likeness (QED) is 0.608. The first kappa shape index (κ1) is 19.1. The zero-order valence-corrected chi connectivity index (χ0v) is 15.1. The van der Waals surface area contributed by atoms with Gasteiger partial charge in [0.1, 0.15) is 17.1 Å². The number of hydrogen-bond donors (Lipinski definition) is 1. The number of benzene rings is 1. The highest BCUT2D eigenvalue weighted by atomic mass is 35.5. The second-order valence-electron chi connectivity index (χ2n) is 5.71. The van der Waals surface area contributed by atoms with Gasteiger partial charge in [-0.05, 0) is 25.8 Å². The molecular formula is C16H19BCl2O5. The van der Waals surface area contributed by atoms with Gasteiger partial charge in [0.2, 0.25) is 0 Å². The maximum atomic E-state index is 12.1. The van der Waals surface area contributed by atoms with E-state index in [0.29, 0.717) is 18.4 Å². The monoisotopic (exact) mass is 372 g/mol. The molecule has 0 unspecified atom stereocenters. The summed E-state index contributed by atoms with van der Waals surface area (Å²) in [6.07, 6.45) is 1.69. The first-order valence-corrected chi connectivity index (χ1v) is 8.69. The summed E-state index contributed by atoms with van der Waals surface area (Å²) in [6.45, 7) is 3.81. The van der Waals surface area contributed by atoms with Crippen LogP contribution in [0.1, 0.15) is 49.0 Å². The molecule has 0 fully saturated rings. The standard InChI is InChI=1S/C16H19BCl2O5/c1-3-5-10(20)6-9-7-11-14(19)13(18)8-12(16(21)23-4-2)15(11)24-17(9)22/h8-9,22H,3-7H2,1-2H3/t9-/m0/s1. The van der Waals surface area contributed by atoms with Gasteiger partial charge in [-0.3, -0.25) is 4.79 Å². The lowest BCUT2D eigenvalue weighted by atomic mass is 9.64. The Kier molecular flexibility index (Phi) is 6.55. The third-order valence-electron chi connectivity index (χ3n) is 3.89. The first-order valence-electron chi connectivity index (χ1n) is 7.93. The molecule has 1 aromatic carbocycles. The van der Waals surface area contributed by atoms with Crippen LogP contribution in [-0.2, 0) is 16.0 Å². The van der Waals surface area contributed by atoms with Crippen molar-refractivity contribution in [3.63, 3.8) is 0 Å². The van der Waals surface area contributed by atoms with Gasteiger partial charge in [-0.2, -0.15) is 0 Å². The fourth-order valence-electron chi connectivity index (χ4n) is 2.77. The van der Waals surface area contributed by atoms with Gasteiger partial charge in [-0.25, -0.2) is 4.79 Å². The summed E-state index contributed by atoms with van der Waals surface area (Å²) in [5, 5.41) is 10.7. The molecule has 0 amide bonds. The average Bonchev–Trinajstić information content (AvgIpc) is 2.52. The number of carbonyl (C=O) groups excluding carboxylic acids is 2. The predicted octanol–water partition coefficient (Wildman–Crippen LogP) is 3.72. The van der Waals surface area contributed by atoms with Gasteiger partial charge < -0.3 is 14.4 Å². The Labute approximate surface area is 151 Å². The van der Waals surface area contributed by atoms with Crippen molar-refractivity contribution in [1.29, 1.82) is 0 Å². The van der Waals surface area contributed by atoms with Crippen molar-refractivity contribution in [2.24, 2.45) is 0 Å². The van der Waals surface area contributed by atoms with Crippen LogP contribution < -0.4 is 4.65 Å². The Balaban J connectivity index is 2.36. The van der Waals surface area contributed by atoms with Gasteiger partial charge in [0, 0.05) is 24.2 Å². The van der Waals surface area contributed by atoms with Gasteiger partial charge in [-0.1, -0.05) is 30.1 Å². The number of hydrogen-bond acceptors (Lipinski definition) is 5. The summed E-state index contributed by atoms with van der Waals surface area (Å²) in [5.74, 6) is -0.797. The number of fused-ring (bicyclic) bond motifs is 1. The van der Waals surface area contributed by atoms with E-state index in [-0.39, 0.29) is 40.2 Å². The highest BCUT2D eigenvalue weighted by Gasteiger charge is 2.39. The number of ether oxygens (including phenoxy) is 1. The lowest BCUT2D eigenvalue weighted by Gasteiger charge is -2.29. The van der Waals surface area contributed by atoms with E-state index in [1.54, 1.807) is 6.92 Å². The number of halogens is 2. The van der Waals surface area contributed by atoms with E-state index < -0.39 is 18.9 Å². The average molecular weight is 373 g/mol. The molecule has 130 valence electrons. The van der Waals surface area contributed by atoms with E-state index in [2.05, 4.69) is 0 Å². The molecule has 0 spiro atoms. The van der Waals surface area contributed by atoms with Crippen molar-refractivity contribution in [2.45, 2.75) is 45.3 Å². The molecule has 1 aromatic rings. The van der Waals surface area contributed by atoms with E-state index in [4.69, 9.17) is 32.6 Å². The van der Waals surface area contributed by atoms with Crippen LogP contribution in [0.2, 0.25) is 15.9 Å². The maximum Gasteiger partial charge on any atom is 0.526 e. The fraction of sp³-hybridized carbons (Fsp3) is 0.500. The zero-order valence-electron chi connectivity index (χ0n) is 13.6. The summed E-state index contributed by atoms with van der Waals surface area (Å²) in [4.78, 5) is 24.0. The van der Waals surface area contributed by atoms with Crippen molar-refractivity contribution < 1.29 is 24.0 Å². The third-order valence-corrected chi connectivity index (χ3v) is 4.71. The molecule has 1 heterocycles. The minimum Gasteiger partial charge on any atom is -0.535 e. The zero-order chi connectivity index (χ0) is 17.9. The van der Waals surface area contributed by atoms with Gasteiger partial charge in [-0.15, -0.1) is 0 Å². The Hall–Kier alpha value is -1.24. The number of Topliss-reactive ketones (excluding diaryl/α,β-unsaturated/α-hetero) is 1. The first-order chi connectivity index (χ1) is 11.4. The van der Waals surface area contributed by atoms with E-state index >= 15 is 0 Å². The normalized spacial score (nSPS) is 16.4. The van der Waals surface area contributed by atoms with Crippen molar-refractivity contribution in [3.05, 3.63) is 27.2 Å². The van der Waals surface area contributed by atoms with Crippen LogP contribution in [0.3, 0.4) is 0 Å². The summed E-state index contributed by atoms with van der Waals surface area (Å²) < 4.78 is 10.5. The molecule has 0 aromatic heterocycles. The Morgan fingerprint density at radius 3 is 2.75 bits per heavy atom. The van der Waals surface area contributed by atoms with Crippen LogP contribution >= 0.6 is 23.2 Å². The Bertz CT molecular complexity index is 650. The maximum absolute atomic E-state index is 12.1. The lowest BCUT2D eigenvalue weighted by molar-refractivity contribution is -0.119. The molecule has 1 aliphatic heterocycles. The van der Waals surface area contributed by atoms with E-state index in [0.717, 1.165) is 6.42 Å². The molecule has 0 radical (unpaired) electrons. The summed E-state index contributed by atoms with van der Waals surface area (Å²) in [7, 11) is -1.19. The minimum absolute atomic E-state index is 0.0531. The second-order valence-corrected chi connectivity index (χ2v) is 6.50.